The van der Waals surface area contributed by atoms with Crippen LogP contribution in [-0.4, -0.2) is 17.0 Å². The van der Waals surface area contributed by atoms with Gasteiger partial charge in [0.25, 0.3) is 0 Å². The summed E-state index contributed by atoms with van der Waals surface area (Å²) < 4.78 is 0. The monoisotopic (exact) mass is 587 g/mol. The number of ketones is 1. The Morgan fingerprint density at radius 1 is 1.17 bits per heavy atom. The topological polar surface area (TPSA) is 49.3 Å². The second-order valence-electron chi connectivity index (χ2n) is 7.82. The molecule has 7 heteroatoms. The largest absolute Gasteiger partial charge is 1.00 e. The molecule has 1 aromatic carbocycles. The molecule has 0 saturated carbocycles. The van der Waals surface area contributed by atoms with Gasteiger partial charge in [0.2, 0.25) is 0 Å². The molecule has 1 aromatic rings. The van der Waals surface area contributed by atoms with Gasteiger partial charge in [-0.3, -0.25) is 0 Å². The molecule has 0 saturated heterocycles. The maximum absolute atomic E-state index is 9.33. The van der Waals surface area contributed by atoms with Gasteiger partial charge in [0.15, 0.2) is 0 Å². The van der Waals surface area contributed by atoms with Gasteiger partial charge in [-0.25, -0.2) is 0 Å². The minimum absolute atomic E-state index is 0. The van der Waals surface area contributed by atoms with Crippen molar-refractivity contribution < 1.29 is 61.3 Å². The van der Waals surface area contributed by atoms with Crippen LogP contribution in [0.15, 0.2) is 53.7 Å². The van der Waals surface area contributed by atoms with Crippen molar-refractivity contribution in [3.8, 4) is 0 Å². The molecule has 0 amide bonds. The molecule has 0 aliphatic carbocycles. The van der Waals surface area contributed by atoms with Crippen molar-refractivity contribution in [1.29, 1.82) is 0 Å². The Labute approximate surface area is 281 Å². The third-order valence-electron chi connectivity index (χ3n) is 3.76. The molecule has 0 spiro atoms. The number of carbonyl (C=O) groups excluding carboxylic acids is 1. The summed E-state index contributed by atoms with van der Waals surface area (Å²) in [6.45, 7) is 23.6. The number of benzene rings is 1. The van der Waals surface area contributed by atoms with Crippen LogP contribution in [0.1, 0.15) is 85.8 Å². The molecular formula is C29H49Cl3KNO2-2. The second-order valence-corrected chi connectivity index (χ2v) is 9.07. The van der Waals surface area contributed by atoms with E-state index in [-0.39, 0.29) is 84.2 Å². The van der Waals surface area contributed by atoms with E-state index < -0.39 is 0 Å². The van der Waals surface area contributed by atoms with Crippen LogP contribution in [-0.2, 0) is 4.79 Å². The van der Waals surface area contributed by atoms with E-state index in [0.717, 1.165) is 30.5 Å². The zero-order valence-electron chi connectivity index (χ0n) is 24.4. The number of hydrogen-bond acceptors (Lipinski definition) is 3. The van der Waals surface area contributed by atoms with E-state index in [9.17, 15) is 4.79 Å². The fraction of sp³-hybridized carbons (Fsp3) is 0.448. The Balaban J connectivity index is -0.0000000999. The first-order valence-electron chi connectivity index (χ1n) is 11.1. The quantitative estimate of drug-likeness (QED) is 0.147. The van der Waals surface area contributed by atoms with E-state index in [0.29, 0.717) is 15.1 Å². The van der Waals surface area contributed by atoms with Crippen LogP contribution >= 0.6 is 34.8 Å². The van der Waals surface area contributed by atoms with Gasteiger partial charge in [-0.1, -0.05) is 79.7 Å². The van der Waals surface area contributed by atoms with E-state index in [4.69, 9.17) is 39.9 Å². The minimum Gasteiger partial charge on any atom is -0.393 e. The molecule has 3 nitrogen and oxygen atoms in total. The summed E-state index contributed by atoms with van der Waals surface area (Å²) in [6, 6.07) is 5.49. The molecule has 0 aliphatic heterocycles. The van der Waals surface area contributed by atoms with Crippen LogP contribution in [0.5, 0.6) is 0 Å². The summed E-state index contributed by atoms with van der Waals surface area (Å²) in [7, 11) is 0. The number of allylic oxidation sites excluding steroid dienone is 4. The molecule has 0 fully saturated rings. The van der Waals surface area contributed by atoms with E-state index in [1.165, 1.54) is 18.9 Å². The number of rotatable bonds is 8. The summed E-state index contributed by atoms with van der Waals surface area (Å²) >= 11 is 17.9. The zero-order chi connectivity index (χ0) is 26.6. The molecule has 0 aliphatic rings. The molecule has 2 N–H and O–H groups in total. The fourth-order valence-corrected chi connectivity index (χ4v) is 2.75. The van der Waals surface area contributed by atoms with E-state index in [1.807, 2.05) is 46.8 Å². The van der Waals surface area contributed by atoms with Crippen LogP contribution < -0.4 is 56.7 Å². The first kappa shape index (κ1) is 49.2. The molecule has 0 radical (unpaired) electrons. The predicted molar refractivity (Wildman–Crippen MR) is 162 cm³/mol. The normalized spacial score (nSPS) is 11.1. The van der Waals surface area contributed by atoms with Gasteiger partial charge in [0.05, 0.1) is 11.1 Å². The number of hydrogen-bond donors (Lipinski definition) is 2. The molecule has 36 heavy (non-hydrogen) atoms. The first-order valence-corrected chi connectivity index (χ1v) is 12.2. The second kappa shape index (κ2) is 31.5. The Morgan fingerprint density at radius 3 is 1.94 bits per heavy atom. The summed E-state index contributed by atoms with van der Waals surface area (Å²) in [5, 5.41) is 14.1. The van der Waals surface area contributed by atoms with Crippen LogP contribution in [0, 0.1) is 21.8 Å². The SMILES string of the molecule is C=C(C)C.C=C/C(Cl)=C(\C)NC(C)c1ccc(Cl)cc1Cl.CCCC[C@@H](O)CC.[CH2-]C(C)=O.[CH3-].[CH3-].[K+]. The van der Waals surface area contributed by atoms with Crippen LogP contribution in [0.3, 0.4) is 0 Å². The molecular weight excluding hydrogens is 540 g/mol. The smallest absolute Gasteiger partial charge is 0.393 e. The minimum atomic E-state index is -0.0833. The summed E-state index contributed by atoms with van der Waals surface area (Å²) in [5.74, 6) is -0.0833. The molecule has 1 rings (SSSR count). The zero-order valence-corrected chi connectivity index (χ0v) is 29.8. The first-order chi connectivity index (χ1) is 15.2. The van der Waals surface area contributed by atoms with Crippen molar-refractivity contribution >= 4 is 40.6 Å². The maximum Gasteiger partial charge on any atom is 1.00 e. The molecule has 2 atom stereocenters. The molecule has 0 bridgehead atoms. The number of unbranched alkanes of at least 4 members (excludes halogenated alkanes) is 1. The Morgan fingerprint density at radius 2 is 1.61 bits per heavy atom. The van der Waals surface area contributed by atoms with Gasteiger partial charge < -0.3 is 37.0 Å². The van der Waals surface area contributed by atoms with E-state index >= 15 is 0 Å². The Kier molecular flexibility index (Phi) is 43.0. The van der Waals surface area contributed by atoms with Crippen molar-refractivity contribution in [2.24, 2.45) is 0 Å². The summed E-state index contributed by atoms with van der Waals surface area (Å²) in [5.41, 5.74) is 3.00. The molecule has 0 aromatic heterocycles. The van der Waals surface area contributed by atoms with Crippen LogP contribution in [0.4, 0.5) is 0 Å². The number of nitrogens with one attached hydrogen (secondary N) is 1. The fourth-order valence-electron chi connectivity index (χ4n) is 2.12. The molecule has 0 heterocycles. The number of carbonyl (C=O) groups is 1. The van der Waals surface area contributed by atoms with Crippen molar-refractivity contribution in [3.05, 3.63) is 91.1 Å². The standard InChI is InChI=1S/C13H14Cl3N.C7H16O.C4H8.C3H5O.2CH3.K/c1-4-12(15)9(3)17-8(2)11-6-5-10(14)7-13(11)16;1-3-5-6-7(8)4-2;1-4(2)3;1-3(2)4;;;/h4-8,17H,1H2,2-3H3;7-8H,3-6H2,1-2H3;1H2,2-3H3;1H2,2H3;2*1H3;/q;;;3*-1;+1/b12-9-;;;;;;/t;7-;;;;;/m.0...../s1. The Hall–Kier alpha value is 0.246. The van der Waals surface area contributed by atoms with Crippen LogP contribution in [0.25, 0.3) is 0 Å². The average molecular weight is 589 g/mol. The van der Waals surface area contributed by atoms with Crippen molar-refractivity contribution in [2.45, 2.75) is 86.3 Å². The number of aliphatic hydroxyl groups is 1. The van der Waals surface area contributed by atoms with Gasteiger partial charge in [0.1, 0.15) is 0 Å². The van der Waals surface area contributed by atoms with E-state index in [2.05, 4.69) is 32.3 Å². The summed E-state index contributed by atoms with van der Waals surface area (Å²) in [6.07, 6.45) is 5.79. The van der Waals surface area contributed by atoms with Crippen molar-refractivity contribution in [1.82, 2.24) is 5.32 Å². The van der Waals surface area contributed by atoms with Crippen molar-refractivity contribution in [3.63, 3.8) is 0 Å². The van der Waals surface area contributed by atoms with Gasteiger partial charge in [-0.05, 0) is 77.0 Å². The van der Waals surface area contributed by atoms with Gasteiger partial charge >= 0.3 is 51.4 Å². The third-order valence-corrected chi connectivity index (χ3v) is 4.76. The Bertz CT molecular complexity index is 717. The number of Topliss-reactive ketones (excluding diaryl/α,β-unsaturated/α-hetero) is 1. The maximum atomic E-state index is 9.33. The predicted octanol–water partition coefficient (Wildman–Crippen LogP) is 7.14. The van der Waals surface area contributed by atoms with Gasteiger partial charge in [0, 0.05) is 21.8 Å². The summed E-state index contributed by atoms with van der Waals surface area (Å²) in [4.78, 5) is 9.33. The molecule has 206 valence electrons. The van der Waals surface area contributed by atoms with Crippen molar-refractivity contribution in [2.75, 3.05) is 0 Å². The van der Waals surface area contributed by atoms with Crippen LogP contribution in [0.2, 0.25) is 10.0 Å². The average Bonchev–Trinajstić information content (AvgIpc) is 2.70. The van der Waals surface area contributed by atoms with Gasteiger partial charge in [-0.2, -0.15) is 0 Å². The van der Waals surface area contributed by atoms with E-state index in [1.54, 1.807) is 12.1 Å². The third kappa shape index (κ3) is 34.2. The number of aliphatic hydroxyl groups excluding tert-OH is 1. The van der Waals surface area contributed by atoms with Gasteiger partial charge in [-0.15, -0.1) is 6.58 Å². The molecule has 1 unspecified atom stereocenters. The number of halogens is 3.